The Morgan fingerprint density at radius 3 is 2.75 bits per heavy atom. The Hall–Kier alpha value is -1.04. The topological polar surface area (TPSA) is 49.8 Å². The summed E-state index contributed by atoms with van der Waals surface area (Å²) in [6.07, 6.45) is 0.393. The normalized spacial score (nSPS) is 9.42. The lowest BCUT2D eigenvalue weighted by Gasteiger charge is -2.03. The zero-order valence-corrected chi connectivity index (χ0v) is 7.30. The van der Waals surface area contributed by atoms with Crippen molar-refractivity contribution in [2.45, 2.75) is 13.0 Å². The molecule has 12 heavy (non-hydrogen) atoms. The van der Waals surface area contributed by atoms with Crippen LogP contribution in [0.5, 0.6) is 0 Å². The SMILES string of the molecule is N#CCc1ccc(Cl)cc1CN. The maximum atomic E-state index is 8.49. The fourth-order valence-electron chi connectivity index (χ4n) is 1.04. The molecule has 0 bridgehead atoms. The van der Waals surface area contributed by atoms with Crippen LogP contribution in [0.25, 0.3) is 0 Å². The molecule has 0 aliphatic rings. The number of nitriles is 1. The molecular weight excluding hydrogens is 172 g/mol. The molecule has 0 aliphatic heterocycles. The zero-order chi connectivity index (χ0) is 8.97. The highest BCUT2D eigenvalue weighted by molar-refractivity contribution is 6.30. The summed E-state index contributed by atoms with van der Waals surface area (Å²) in [7, 11) is 0. The van der Waals surface area contributed by atoms with Crippen LogP contribution < -0.4 is 5.73 Å². The molecule has 0 unspecified atom stereocenters. The van der Waals surface area contributed by atoms with E-state index in [-0.39, 0.29) is 0 Å². The van der Waals surface area contributed by atoms with Gasteiger partial charge in [-0.15, -0.1) is 0 Å². The van der Waals surface area contributed by atoms with E-state index in [0.29, 0.717) is 18.0 Å². The van der Waals surface area contributed by atoms with E-state index in [9.17, 15) is 0 Å². The van der Waals surface area contributed by atoms with Gasteiger partial charge in [-0.05, 0) is 23.3 Å². The van der Waals surface area contributed by atoms with Crippen LogP contribution in [0.2, 0.25) is 5.02 Å². The Morgan fingerprint density at radius 1 is 1.42 bits per heavy atom. The van der Waals surface area contributed by atoms with E-state index >= 15 is 0 Å². The number of rotatable bonds is 2. The molecule has 0 atom stereocenters. The van der Waals surface area contributed by atoms with Crippen LogP contribution in [-0.2, 0) is 13.0 Å². The molecule has 1 aromatic rings. The van der Waals surface area contributed by atoms with Gasteiger partial charge in [0.15, 0.2) is 0 Å². The zero-order valence-electron chi connectivity index (χ0n) is 6.55. The number of halogens is 1. The molecule has 0 saturated heterocycles. The molecule has 1 rings (SSSR count). The summed E-state index contributed by atoms with van der Waals surface area (Å²) >= 11 is 5.76. The number of hydrogen-bond donors (Lipinski definition) is 1. The fraction of sp³-hybridized carbons (Fsp3) is 0.222. The van der Waals surface area contributed by atoms with E-state index in [1.54, 1.807) is 12.1 Å². The lowest BCUT2D eigenvalue weighted by molar-refractivity contribution is 1.03. The average molecular weight is 181 g/mol. The molecule has 2 nitrogen and oxygen atoms in total. The van der Waals surface area contributed by atoms with Gasteiger partial charge in [0.2, 0.25) is 0 Å². The summed E-state index contributed by atoms with van der Waals surface area (Å²) in [4.78, 5) is 0. The molecular formula is C9H9ClN2. The van der Waals surface area contributed by atoms with E-state index < -0.39 is 0 Å². The third-order valence-corrected chi connectivity index (χ3v) is 1.89. The minimum Gasteiger partial charge on any atom is -0.326 e. The van der Waals surface area contributed by atoms with Crippen molar-refractivity contribution in [1.29, 1.82) is 5.26 Å². The molecule has 2 N–H and O–H groups in total. The first kappa shape index (κ1) is 9.05. The Morgan fingerprint density at radius 2 is 2.17 bits per heavy atom. The lowest BCUT2D eigenvalue weighted by Crippen LogP contribution is -2.00. The molecule has 0 amide bonds. The van der Waals surface area contributed by atoms with Crippen LogP contribution in [0.3, 0.4) is 0 Å². The molecule has 0 heterocycles. The second-order valence-electron chi connectivity index (χ2n) is 2.45. The molecule has 0 radical (unpaired) electrons. The first-order valence-electron chi connectivity index (χ1n) is 3.62. The highest BCUT2D eigenvalue weighted by atomic mass is 35.5. The van der Waals surface area contributed by atoms with Crippen molar-refractivity contribution < 1.29 is 0 Å². The third kappa shape index (κ3) is 1.97. The summed E-state index contributed by atoms with van der Waals surface area (Å²) in [5.41, 5.74) is 7.39. The van der Waals surface area contributed by atoms with Crippen LogP contribution in [0.1, 0.15) is 11.1 Å². The van der Waals surface area contributed by atoms with Crippen molar-refractivity contribution in [2.75, 3.05) is 0 Å². The Labute approximate surface area is 76.6 Å². The highest BCUT2D eigenvalue weighted by Gasteiger charge is 2.00. The van der Waals surface area contributed by atoms with Crippen LogP contribution in [0, 0.1) is 11.3 Å². The third-order valence-electron chi connectivity index (χ3n) is 1.66. The predicted octanol–water partition coefficient (Wildman–Crippen LogP) is 1.86. The van der Waals surface area contributed by atoms with Crippen LogP contribution in [0.4, 0.5) is 0 Å². The van der Waals surface area contributed by atoms with Gasteiger partial charge in [0, 0.05) is 11.6 Å². The number of nitrogens with zero attached hydrogens (tertiary/aromatic N) is 1. The second-order valence-corrected chi connectivity index (χ2v) is 2.89. The van der Waals surface area contributed by atoms with Gasteiger partial charge in [-0.2, -0.15) is 5.26 Å². The first-order valence-corrected chi connectivity index (χ1v) is 4.00. The van der Waals surface area contributed by atoms with Crippen LogP contribution in [0.15, 0.2) is 18.2 Å². The van der Waals surface area contributed by atoms with E-state index in [2.05, 4.69) is 6.07 Å². The van der Waals surface area contributed by atoms with Gasteiger partial charge in [-0.25, -0.2) is 0 Å². The van der Waals surface area contributed by atoms with E-state index in [0.717, 1.165) is 11.1 Å². The molecule has 0 aromatic heterocycles. The Kier molecular flexibility index (Phi) is 3.09. The van der Waals surface area contributed by atoms with Crippen LogP contribution in [-0.4, -0.2) is 0 Å². The molecule has 62 valence electrons. The lowest BCUT2D eigenvalue weighted by atomic mass is 10.1. The quantitative estimate of drug-likeness (QED) is 0.756. The largest absolute Gasteiger partial charge is 0.326 e. The number of nitrogens with two attached hydrogens (primary N) is 1. The molecule has 0 saturated carbocycles. The van der Waals surface area contributed by atoms with Crippen molar-refractivity contribution >= 4 is 11.6 Å². The van der Waals surface area contributed by atoms with Crippen molar-refractivity contribution in [3.05, 3.63) is 34.3 Å². The minimum absolute atomic E-state index is 0.393. The molecule has 0 fully saturated rings. The number of benzene rings is 1. The van der Waals surface area contributed by atoms with Gasteiger partial charge in [-0.1, -0.05) is 17.7 Å². The average Bonchev–Trinajstić information content (AvgIpc) is 2.08. The van der Waals surface area contributed by atoms with Gasteiger partial charge in [-0.3, -0.25) is 0 Å². The van der Waals surface area contributed by atoms with E-state index in [1.807, 2.05) is 6.07 Å². The first-order chi connectivity index (χ1) is 5.77. The monoisotopic (exact) mass is 180 g/mol. The van der Waals surface area contributed by atoms with Gasteiger partial charge in [0.05, 0.1) is 12.5 Å². The predicted molar refractivity (Wildman–Crippen MR) is 48.7 cm³/mol. The Balaban J connectivity index is 3.04. The minimum atomic E-state index is 0.393. The van der Waals surface area contributed by atoms with E-state index in [1.165, 1.54) is 0 Å². The van der Waals surface area contributed by atoms with E-state index in [4.69, 9.17) is 22.6 Å². The summed E-state index contributed by atoms with van der Waals surface area (Å²) < 4.78 is 0. The summed E-state index contributed by atoms with van der Waals surface area (Å²) in [5, 5.41) is 9.15. The van der Waals surface area contributed by atoms with Crippen molar-refractivity contribution in [2.24, 2.45) is 5.73 Å². The standard InChI is InChI=1S/C9H9ClN2/c10-9-2-1-7(3-4-11)8(5-9)6-12/h1-2,5H,3,6,12H2. The van der Waals surface area contributed by atoms with Gasteiger partial charge >= 0.3 is 0 Å². The highest BCUT2D eigenvalue weighted by Crippen LogP contribution is 2.15. The van der Waals surface area contributed by atoms with Crippen LogP contribution >= 0.6 is 11.6 Å². The van der Waals surface area contributed by atoms with Crippen molar-refractivity contribution in [1.82, 2.24) is 0 Å². The smallest absolute Gasteiger partial charge is 0.0669 e. The maximum Gasteiger partial charge on any atom is 0.0669 e. The second kappa shape index (κ2) is 4.10. The molecule has 1 aromatic carbocycles. The number of hydrogen-bond acceptors (Lipinski definition) is 2. The summed E-state index contributed by atoms with van der Waals surface area (Å²) in [6, 6.07) is 7.49. The Bertz CT molecular complexity index is 315. The van der Waals surface area contributed by atoms with Gasteiger partial charge < -0.3 is 5.73 Å². The molecule has 3 heteroatoms. The van der Waals surface area contributed by atoms with Crippen molar-refractivity contribution in [3.63, 3.8) is 0 Å². The molecule has 0 aliphatic carbocycles. The fourth-order valence-corrected chi connectivity index (χ4v) is 1.24. The maximum absolute atomic E-state index is 8.49. The molecule has 0 spiro atoms. The van der Waals surface area contributed by atoms with Gasteiger partial charge in [0.25, 0.3) is 0 Å². The van der Waals surface area contributed by atoms with Gasteiger partial charge in [0.1, 0.15) is 0 Å². The summed E-state index contributed by atoms with van der Waals surface area (Å²) in [5.74, 6) is 0. The van der Waals surface area contributed by atoms with Crippen molar-refractivity contribution in [3.8, 4) is 6.07 Å². The summed E-state index contributed by atoms with van der Waals surface area (Å²) in [6.45, 7) is 0.428.